The van der Waals surface area contributed by atoms with Gasteiger partial charge in [0.25, 0.3) is 5.91 Å². The Kier molecular flexibility index (Phi) is 5.79. The standard InChI is InChI=1S/C17H11Cl3N2O3S2/c1-27(24,25)15-6-9(2-5-12(15)19)16(23)22-17-21-14(8-26-17)11-4-3-10(18)7-13(11)20/h2-8H,1H3,(H,21,22,23). The van der Waals surface area contributed by atoms with Crippen molar-refractivity contribution in [3.63, 3.8) is 0 Å². The van der Waals surface area contributed by atoms with Crippen LogP contribution in [0, 0.1) is 0 Å². The van der Waals surface area contributed by atoms with Gasteiger partial charge in [0, 0.05) is 27.8 Å². The van der Waals surface area contributed by atoms with Crippen molar-refractivity contribution in [3.05, 3.63) is 62.4 Å². The Labute approximate surface area is 174 Å². The zero-order valence-corrected chi connectivity index (χ0v) is 17.6. The topological polar surface area (TPSA) is 76.1 Å². The molecule has 0 unspecified atom stereocenters. The van der Waals surface area contributed by atoms with E-state index in [1.807, 2.05) is 0 Å². The number of sulfone groups is 1. The van der Waals surface area contributed by atoms with Crippen LogP contribution in [0.4, 0.5) is 5.13 Å². The van der Waals surface area contributed by atoms with Crippen LogP contribution in [0.15, 0.2) is 46.7 Å². The predicted octanol–water partition coefficient (Wildman–Crippen LogP) is 5.43. The molecular weight excluding hydrogens is 451 g/mol. The van der Waals surface area contributed by atoms with Crippen molar-refractivity contribution in [3.8, 4) is 11.3 Å². The van der Waals surface area contributed by atoms with Gasteiger partial charge in [-0.25, -0.2) is 13.4 Å². The molecule has 0 spiro atoms. The van der Waals surface area contributed by atoms with Crippen molar-refractivity contribution in [2.45, 2.75) is 4.90 Å². The Morgan fingerprint density at radius 1 is 1.07 bits per heavy atom. The molecule has 5 nitrogen and oxygen atoms in total. The Hall–Kier alpha value is -1.64. The second-order valence-electron chi connectivity index (χ2n) is 5.53. The quantitative estimate of drug-likeness (QED) is 0.562. The summed E-state index contributed by atoms with van der Waals surface area (Å²) in [6, 6.07) is 9.09. The normalized spacial score (nSPS) is 11.4. The van der Waals surface area contributed by atoms with Crippen molar-refractivity contribution in [1.29, 1.82) is 0 Å². The molecule has 0 radical (unpaired) electrons. The molecule has 1 N–H and O–H groups in total. The van der Waals surface area contributed by atoms with Gasteiger partial charge < -0.3 is 0 Å². The molecule has 0 aliphatic rings. The van der Waals surface area contributed by atoms with Crippen molar-refractivity contribution in [2.24, 2.45) is 0 Å². The van der Waals surface area contributed by atoms with E-state index in [1.165, 1.54) is 29.5 Å². The first-order chi connectivity index (χ1) is 12.6. The third-order valence-corrected chi connectivity index (χ3v) is 6.41. The minimum Gasteiger partial charge on any atom is -0.298 e. The molecule has 0 saturated carbocycles. The summed E-state index contributed by atoms with van der Waals surface area (Å²) < 4.78 is 23.5. The second kappa shape index (κ2) is 7.77. The zero-order valence-electron chi connectivity index (χ0n) is 13.7. The lowest BCUT2D eigenvalue weighted by Gasteiger charge is -2.06. The van der Waals surface area contributed by atoms with Gasteiger partial charge in [0.05, 0.1) is 20.6 Å². The molecule has 2 aromatic carbocycles. The SMILES string of the molecule is CS(=O)(=O)c1cc(C(=O)Nc2nc(-c3ccc(Cl)cc3Cl)cs2)ccc1Cl. The Balaban J connectivity index is 1.85. The average molecular weight is 462 g/mol. The van der Waals surface area contributed by atoms with E-state index in [0.29, 0.717) is 26.4 Å². The molecule has 1 heterocycles. The van der Waals surface area contributed by atoms with E-state index in [2.05, 4.69) is 10.3 Å². The Morgan fingerprint density at radius 3 is 2.48 bits per heavy atom. The first-order valence-corrected chi connectivity index (χ1v) is 11.3. The molecule has 0 aliphatic heterocycles. The van der Waals surface area contributed by atoms with E-state index in [0.717, 1.165) is 6.26 Å². The fourth-order valence-corrected chi connectivity index (χ4v) is 4.76. The maximum absolute atomic E-state index is 12.4. The van der Waals surface area contributed by atoms with Gasteiger partial charge in [0.15, 0.2) is 15.0 Å². The van der Waals surface area contributed by atoms with Gasteiger partial charge in [0.2, 0.25) is 0 Å². The van der Waals surface area contributed by atoms with Crippen LogP contribution in [0.3, 0.4) is 0 Å². The summed E-state index contributed by atoms with van der Waals surface area (Å²) in [6.07, 6.45) is 1.03. The fraction of sp³-hybridized carbons (Fsp3) is 0.0588. The van der Waals surface area contributed by atoms with Crippen LogP contribution >= 0.6 is 46.1 Å². The van der Waals surface area contributed by atoms with Crippen LogP contribution in [-0.2, 0) is 9.84 Å². The van der Waals surface area contributed by atoms with E-state index in [4.69, 9.17) is 34.8 Å². The number of anilines is 1. The number of hydrogen-bond donors (Lipinski definition) is 1. The minimum absolute atomic E-state index is 0.0583. The Morgan fingerprint density at radius 2 is 1.81 bits per heavy atom. The summed E-state index contributed by atoms with van der Waals surface area (Å²) in [7, 11) is -3.55. The van der Waals surface area contributed by atoms with E-state index in [-0.39, 0.29) is 15.5 Å². The van der Waals surface area contributed by atoms with E-state index in [9.17, 15) is 13.2 Å². The summed E-state index contributed by atoms with van der Waals surface area (Å²) in [4.78, 5) is 16.7. The Bertz CT molecular complexity index is 1140. The average Bonchev–Trinajstić information content (AvgIpc) is 3.02. The number of rotatable bonds is 4. The van der Waals surface area contributed by atoms with Gasteiger partial charge in [-0.2, -0.15) is 0 Å². The molecule has 140 valence electrons. The number of benzene rings is 2. The number of aromatic nitrogens is 1. The van der Waals surface area contributed by atoms with Crippen LogP contribution in [0.1, 0.15) is 10.4 Å². The number of amides is 1. The summed E-state index contributed by atoms with van der Waals surface area (Å²) in [5, 5.41) is 5.74. The lowest BCUT2D eigenvalue weighted by molar-refractivity contribution is 0.102. The third-order valence-electron chi connectivity index (χ3n) is 3.52. The number of carbonyl (C=O) groups is 1. The number of thiazole rings is 1. The number of hydrogen-bond acceptors (Lipinski definition) is 5. The van der Waals surface area contributed by atoms with Crippen LogP contribution in [0.25, 0.3) is 11.3 Å². The lowest BCUT2D eigenvalue weighted by Crippen LogP contribution is -2.12. The molecule has 0 saturated heterocycles. The van der Waals surface area contributed by atoms with Gasteiger partial charge >= 0.3 is 0 Å². The van der Waals surface area contributed by atoms with Gasteiger partial charge in [-0.3, -0.25) is 10.1 Å². The monoisotopic (exact) mass is 460 g/mol. The number of halogens is 3. The molecule has 10 heteroatoms. The molecule has 27 heavy (non-hydrogen) atoms. The highest BCUT2D eigenvalue weighted by Crippen LogP contribution is 2.32. The lowest BCUT2D eigenvalue weighted by atomic mass is 10.2. The van der Waals surface area contributed by atoms with Gasteiger partial charge in [-0.1, -0.05) is 34.8 Å². The highest BCUT2D eigenvalue weighted by Gasteiger charge is 2.17. The summed E-state index contributed by atoms with van der Waals surface area (Å²) in [5.41, 5.74) is 1.43. The molecule has 0 fully saturated rings. The fourth-order valence-electron chi connectivity index (χ4n) is 2.25. The number of nitrogens with one attached hydrogen (secondary N) is 1. The zero-order chi connectivity index (χ0) is 19.8. The van der Waals surface area contributed by atoms with Crippen molar-refractivity contribution >= 4 is 67.0 Å². The molecular formula is C17H11Cl3N2O3S2. The third kappa shape index (κ3) is 4.62. The van der Waals surface area contributed by atoms with Crippen LogP contribution < -0.4 is 5.32 Å². The maximum Gasteiger partial charge on any atom is 0.257 e. The van der Waals surface area contributed by atoms with E-state index in [1.54, 1.807) is 23.6 Å². The molecule has 3 rings (SSSR count). The first kappa shape index (κ1) is 20.1. The highest BCUT2D eigenvalue weighted by atomic mass is 35.5. The van der Waals surface area contributed by atoms with Gasteiger partial charge in [-0.05, 0) is 36.4 Å². The van der Waals surface area contributed by atoms with Crippen molar-refractivity contribution in [1.82, 2.24) is 4.98 Å². The van der Waals surface area contributed by atoms with Crippen molar-refractivity contribution in [2.75, 3.05) is 11.6 Å². The first-order valence-electron chi connectivity index (χ1n) is 7.37. The molecule has 0 bridgehead atoms. The minimum atomic E-state index is -3.55. The predicted molar refractivity (Wildman–Crippen MR) is 110 cm³/mol. The molecule has 1 aromatic heterocycles. The molecule has 0 aliphatic carbocycles. The number of nitrogens with zero attached hydrogens (tertiary/aromatic N) is 1. The maximum atomic E-state index is 12.4. The summed E-state index contributed by atoms with van der Waals surface area (Å²) >= 11 is 19.2. The van der Waals surface area contributed by atoms with Crippen LogP contribution in [0.2, 0.25) is 15.1 Å². The van der Waals surface area contributed by atoms with Gasteiger partial charge in [0.1, 0.15) is 0 Å². The van der Waals surface area contributed by atoms with Crippen molar-refractivity contribution < 1.29 is 13.2 Å². The molecule has 0 atom stereocenters. The summed E-state index contributed by atoms with van der Waals surface area (Å²) in [6.45, 7) is 0. The van der Waals surface area contributed by atoms with Crippen LogP contribution in [0.5, 0.6) is 0 Å². The highest BCUT2D eigenvalue weighted by molar-refractivity contribution is 7.90. The van der Waals surface area contributed by atoms with E-state index >= 15 is 0 Å². The molecule has 3 aromatic rings. The number of carbonyl (C=O) groups excluding carboxylic acids is 1. The molecule has 1 amide bonds. The van der Waals surface area contributed by atoms with Gasteiger partial charge in [-0.15, -0.1) is 11.3 Å². The van der Waals surface area contributed by atoms with Crippen LogP contribution in [-0.4, -0.2) is 25.6 Å². The second-order valence-corrected chi connectivity index (χ2v) is 9.63. The largest absolute Gasteiger partial charge is 0.298 e. The smallest absolute Gasteiger partial charge is 0.257 e. The summed E-state index contributed by atoms with van der Waals surface area (Å²) in [5.74, 6) is -0.500. The van der Waals surface area contributed by atoms with E-state index < -0.39 is 15.7 Å².